The predicted molar refractivity (Wildman–Crippen MR) is 107 cm³/mol. The first kappa shape index (κ1) is 18.1. The fraction of sp³-hybridized carbons (Fsp3) is 0.0526. The van der Waals surface area contributed by atoms with E-state index < -0.39 is 0 Å². The summed E-state index contributed by atoms with van der Waals surface area (Å²) in [6.45, 7) is 0. The van der Waals surface area contributed by atoms with E-state index in [1.807, 2.05) is 17.5 Å². The molecule has 0 spiro atoms. The van der Waals surface area contributed by atoms with E-state index in [4.69, 9.17) is 20.9 Å². The molecule has 4 aromatic rings. The summed E-state index contributed by atoms with van der Waals surface area (Å²) in [5.41, 5.74) is 1.77. The first-order chi connectivity index (χ1) is 13.6. The number of hydrogen-bond acceptors (Lipinski definition) is 7. The van der Waals surface area contributed by atoms with Crippen molar-refractivity contribution in [3.05, 3.63) is 64.6 Å². The van der Waals surface area contributed by atoms with Crippen molar-refractivity contribution in [2.45, 2.75) is 0 Å². The molecule has 28 heavy (non-hydrogen) atoms. The van der Waals surface area contributed by atoms with Crippen LogP contribution in [0.1, 0.15) is 10.4 Å². The lowest BCUT2D eigenvalue weighted by molar-refractivity contribution is 0.102. The molecular formula is C19H13ClN4O3S. The number of hydrogen-bond donors (Lipinski definition) is 1. The van der Waals surface area contributed by atoms with Gasteiger partial charge in [0.2, 0.25) is 11.7 Å². The van der Waals surface area contributed by atoms with E-state index in [0.29, 0.717) is 38.7 Å². The van der Waals surface area contributed by atoms with Crippen molar-refractivity contribution in [3.8, 4) is 28.0 Å². The van der Waals surface area contributed by atoms with Crippen LogP contribution in [-0.2, 0) is 0 Å². The maximum Gasteiger partial charge on any atom is 0.270 e. The third kappa shape index (κ3) is 3.73. The van der Waals surface area contributed by atoms with Crippen LogP contribution >= 0.6 is 22.9 Å². The molecule has 0 saturated carbocycles. The minimum absolute atomic E-state index is 0.299. The molecule has 1 amide bonds. The SMILES string of the molecule is COc1ccc(C(=O)Nc2ccsc2-c2nc(-c3ccc(Cl)cc3)no2)cn1. The van der Waals surface area contributed by atoms with Crippen LogP contribution in [0, 0.1) is 0 Å². The van der Waals surface area contributed by atoms with Gasteiger partial charge in [-0.05, 0) is 41.8 Å². The van der Waals surface area contributed by atoms with E-state index in [1.165, 1.54) is 24.6 Å². The molecule has 140 valence electrons. The van der Waals surface area contributed by atoms with Gasteiger partial charge in [-0.15, -0.1) is 11.3 Å². The van der Waals surface area contributed by atoms with Gasteiger partial charge in [-0.2, -0.15) is 4.98 Å². The monoisotopic (exact) mass is 412 g/mol. The second-order valence-electron chi connectivity index (χ2n) is 5.64. The molecule has 0 fully saturated rings. The Balaban J connectivity index is 1.55. The lowest BCUT2D eigenvalue weighted by Gasteiger charge is -2.05. The molecule has 7 nitrogen and oxygen atoms in total. The summed E-state index contributed by atoms with van der Waals surface area (Å²) < 4.78 is 10.4. The minimum atomic E-state index is -0.299. The number of pyridine rings is 1. The van der Waals surface area contributed by atoms with Crippen molar-refractivity contribution in [2.75, 3.05) is 12.4 Å². The van der Waals surface area contributed by atoms with Crippen LogP contribution in [0.5, 0.6) is 5.88 Å². The number of ether oxygens (including phenoxy) is 1. The molecule has 3 heterocycles. The van der Waals surface area contributed by atoms with Gasteiger partial charge >= 0.3 is 0 Å². The molecule has 0 unspecified atom stereocenters. The molecule has 1 aromatic carbocycles. The molecule has 0 aliphatic carbocycles. The molecule has 0 aliphatic heterocycles. The second kappa shape index (κ2) is 7.79. The Hall–Kier alpha value is -3.23. The van der Waals surface area contributed by atoms with E-state index in [-0.39, 0.29) is 5.91 Å². The number of carbonyl (C=O) groups is 1. The van der Waals surface area contributed by atoms with Crippen molar-refractivity contribution in [3.63, 3.8) is 0 Å². The lowest BCUT2D eigenvalue weighted by Crippen LogP contribution is -2.12. The van der Waals surface area contributed by atoms with Crippen LogP contribution in [-0.4, -0.2) is 28.1 Å². The van der Waals surface area contributed by atoms with Crippen LogP contribution in [0.25, 0.3) is 22.2 Å². The Labute approximate surface area is 169 Å². The van der Waals surface area contributed by atoms with Gasteiger partial charge in [0.05, 0.1) is 18.4 Å². The summed E-state index contributed by atoms with van der Waals surface area (Å²) in [6.07, 6.45) is 1.45. The van der Waals surface area contributed by atoms with E-state index >= 15 is 0 Å². The third-order valence-electron chi connectivity index (χ3n) is 3.84. The van der Waals surface area contributed by atoms with Gasteiger partial charge < -0.3 is 14.6 Å². The van der Waals surface area contributed by atoms with Crippen LogP contribution < -0.4 is 10.1 Å². The topological polar surface area (TPSA) is 90.1 Å². The highest BCUT2D eigenvalue weighted by molar-refractivity contribution is 7.14. The predicted octanol–water partition coefficient (Wildman–Crippen LogP) is 4.77. The van der Waals surface area contributed by atoms with Gasteiger partial charge in [0.1, 0.15) is 4.88 Å². The number of anilines is 1. The summed E-state index contributed by atoms with van der Waals surface area (Å²) in [5, 5.41) is 9.32. The van der Waals surface area contributed by atoms with Gasteiger partial charge in [0.15, 0.2) is 0 Å². The quantitative estimate of drug-likeness (QED) is 0.507. The zero-order valence-electron chi connectivity index (χ0n) is 14.5. The Morgan fingerprint density at radius 2 is 2.00 bits per heavy atom. The first-order valence-corrected chi connectivity index (χ1v) is 9.38. The normalized spacial score (nSPS) is 10.6. The minimum Gasteiger partial charge on any atom is -0.481 e. The van der Waals surface area contributed by atoms with Gasteiger partial charge in [0, 0.05) is 22.8 Å². The van der Waals surface area contributed by atoms with Crippen molar-refractivity contribution in [2.24, 2.45) is 0 Å². The lowest BCUT2D eigenvalue weighted by atomic mass is 10.2. The number of halogens is 1. The van der Waals surface area contributed by atoms with E-state index in [2.05, 4.69) is 20.4 Å². The van der Waals surface area contributed by atoms with Gasteiger partial charge in [0.25, 0.3) is 11.8 Å². The Morgan fingerprint density at radius 3 is 2.71 bits per heavy atom. The summed E-state index contributed by atoms with van der Waals surface area (Å²) in [7, 11) is 1.52. The fourth-order valence-electron chi connectivity index (χ4n) is 2.44. The Morgan fingerprint density at radius 1 is 1.18 bits per heavy atom. The number of nitrogens with one attached hydrogen (secondary N) is 1. The molecule has 3 aromatic heterocycles. The number of carbonyl (C=O) groups excluding carboxylic acids is 1. The van der Waals surface area contributed by atoms with Gasteiger partial charge in [-0.3, -0.25) is 4.79 Å². The van der Waals surface area contributed by atoms with Crippen molar-refractivity contribution in [1.29, 1.82) is 0 Å². The number of thiophene rings is 1. The van der Waals surface area contributed by atoms with Crippen LogP contribution in [0.15, 0.2) is 58.6 Å². The van der Waals surface area contributed by atoms with Crippen LogP contribution in [0.4, 0.5) is 5.69 Å². The van der Waals surface area contributed by atoms with Gasteiger partial charge in [-0.25, -0.2) is 4.98 Å². The highest BCUT2D eigenvalue weighted by Gasteiger charge is 2.18. The van der Waals surface area contributed by atoms with Crippen LogP contribution in [0.3, 0.4) is 0 Å². The summed E-state index contributed by atoms with van der Waals surface area (Å²) in [6, 6.07) is 12.2. The van der Waals surface area contributed by atoms with E-state index in [0.717, 1.165) is 5.56 Å². The zero-order valence-corrected chi connectivity index (χ0v) is 16.1. The average molecular weight is 413 g/mol. The van der Waals surface area contributed by atoms with Crippen molar-refractivity contribution < 1.29 is 14.1 Å². The first-order valence-electron chi connectivity index (χ1n) is 8.13. The largest absolute Gasteiger partial charge is 0.481 e. The molecule has 9 heteroatoms. The summed E-state index contributed by atoms with van der Waals surface area (Å²) >= 11 is 7.30. The molecule has 0 aliphatic rings. The number of nitrogens with zero attached hydrogens (tertiary/aromatic N) is 3. The van der Waals surface area contributed by atoms with Crippen LogP contribution in [0.2, 0.25) is 5.02 Å². The van der Waals surface area contributed by atoms with Crippen molar-refractivity contribution in [1.82, 2.24) is 15.1 Å². The number of rotatable bonds is 5. The fourth-order valence-corrected chi connectivity index (χ4v) is 3.33. The molecule has 0 saturated heterocycles. The smallest absolute Gasteiger partial charge is 0.270 e. The molecular weight excluding hydrogens is 400 g/mol. The molecule has 0 radical (unpaired) electrons. The number of benzene rings is 1. The maximum atomic E-state index is 12.5. The van der Waals surface area contributed by atoms with Gasteiger partial charge in [-0.1, -0.05) is 16.8 Å². The second-order valence-corrected chi connectivity index (χ2v) is 6.99. The molecule has 0 bridgehead atoms. The summed E-state index contributed by atoms with van der Waals surface area (Å²) in [5.74, 6) is 0.903. The molecule has 0 atom stereocenters. The standard InChI is InChI=1S/C19H13ClN4O3S/c1-26-15-7-4-12(10-21-15)18(25)22-14-8-9-28-16(14)19-23-17(24-27-19)11-2-5-13(20)6-3-11/h2-10H,1H3,(H,22,25). The highest BCUT2D eigenvalue weighted by atomic mass is 35.5. The third-order valence-corrected chi connectivity index (χ3v) is 5.00. The molecule has 4 rings (SSSR count). The number of aromatic nitrogens is 3. The Bertz CT molecular complexity index is 1110. The maximum absolute atomic E-state index is 12.5. The summed E-state index contributed by atoms with van der Waals surface area (Å²) in [4.78, 5) is 21.6. The number of methoxy groups -OCH3 is 1. The average Bonchev–Trinajstić information content (AvgIpc) is 3.38. The van der Waals surface area contributed by atoms with E-state index in [1.54, 1.807) is 30.3 Å². The Kier molecular flexibility index (Phi) is 5.05. The highest BCUT2D eigenvalue weighted by Crippen LogP contribution is 2.34. The molecule has 1 N–H and O–H groups in total. The zero-order chi connectivity index (χ0) is 19.5. The van der Waals surface area contributed by atoms with Crippen molar-refractivity contribution >= 4 is 34.5 Å². The van der Waals surface area contributed by atoms with E-state index in [9.17, 15) is 4.79 Å². The number of amides is 1.